The van der Waals surface area contributed by atoms with Crippen LogP contribution in [0.3, 0.4) is 0 Å². The average Bonchev–Trinajstić information content (AvgIpc) is 2.91. The summed E-state index contributed by atoms with van der Waals surface area (Å²) in [6.07, 6.45) is 11.3. The normalized spacial score (nSPS) is 44.0. The van der Waals surface area contributed by atoms with Crippen LogP contribution in [-0.2, 0) is 4.79 Å². The second-order valence-electron chi connectivity index (χ2n) is 8.65. The van der Waals surface area contributed by atoms with Crippen LogP contribution in [0.1, 0.15) is 58.3 Å². The van der Waals surface area contributed by atoms with E-state index in [0.29, 0.717) is 36.4 Å². The number of ketones is 1. The summed E-state index contributed by atoms with van der Waals surface area (Å²) < 4.78 is 0. The topological polar surface area (TPSA) is 63.9 Å². The Morgan fingerprint density at radius 1 is 1.32 bits per heavy atom. The van der Waals surface area contributed by atoms with Crippen LogP contribution in [0.25, 0.3) is 0 Å². The Labute approximate surface area is 199 Å². The van der Waals surface area contributed by atoms with Crippen LogP contribution in [0, 0.1) is 39.9 Å². The summed E-state index contributed by atoms with van der Waals surface area (Å²) in [6, 6.07) is 2.25. The van der Waals surface area contributed by atoms with Crippen molar-refractivity contribution >= 4 is 5.78 Å². The zero-order valence-corrected chi connectivity index (χ0v) is 20.4. The average molecular weight is 410 g/mol. The maximum atomic E-state index is 12.3. The van der Waals surface area contributed by atoms with Crippen LogP contribution in [0.15, 0.2) is 23.3 Å². The van der Waals surface area contributed by atoms with Gasteiger partial charge in [0.15, 0.2) is 0 Å². The summed E-state index contributed by atoms with van der Waals surface area (Å²) >= 11 is 0. The van der Waals surface area contributed by atoms with Crippen molar-refractivity contribution < 1.29 is 68.1 Å². The van der Waals surface area contributed by atoms with Gasteiger partial charge in [-0.15, -0.1) is 6.61 Å². The van der Waals surface area contributed by atoms with E-state index >= 15 is 0 Å². The molecule has 0 heterocycles. The summed E-state index contributed by atoms with van der Waals surface area (Å²) in [7, 11) is 0. The van der Waals surface area contributed by atoms with Gasteiger partial charge in [0.25, 0.3) is 0 Å². The summed E-state index contributed by atoms with van der Waals surface area (Å²) in [6.45, 7) is 2.29. The second kappa shape index (κ2) is 7.43. The van der Waals surface area contributed by atoms with Gasteiger partial charge >= 0.3 is 58.2 Å². The number of allylic oxidation sites excluding steroid dienone is 3. The second-order valence-corrected chi connectivity index (χ2v) is 8.65. The molecule has 0 aromatic carbocycles. The van der Waals surface area contributed by atoms with Crippen LogP contribution < -0.4 is 63.3 Å². The summed E-state index contributed by atoms with van der Waals surface area (Å²) in [5.74, 6) is 1.90. The van der Waals surface area contributed by atoms with Gasteiger partial charge in [-0.1, -0.05) is 24.1 Å². The first kappa shape index (κ1) is 20.1. The fourth-order valence-corrected chi connectivity index (χ4v) is 6.71. The first-order valence-corrected chi connectivity index (χ1v) is 9.43. The van der Waals surface area contributed by atoms with E-state index in [0.717, 1.165) is 38.5 Å². The Hall–Kier alpha value is 0.405. The van der Waals surface area contributed by atoms with Gasteiger partial charge in [-0.3, -0.25) is 4.79 Å². The third-order valence-electron chi connectivity index (χ3n) is 8.00. The van der Waals surface area contributed by atoms with E-state index in [1.54, 1.807) is 6.08 Å². The molecule has 3 saturated carbocycles. The van der Waals surface area contributed by atoms with Crippen molar-refractivity contribution in [1.82, 2.24) is 0 Å². The summed E-state index contributed by atoms with van der Waals surface area (Å²) in [5.41, 5.74) is 2.40. The molecule has 0 radical (unpaired) electrons. The molecule has 0 amide bonds. The monoisotopic (exact) mass is 409 g/mol. The Bertz CT molecular complexity index is 676. The molecule has 4 rings (SSSR count). The smallest absolute Gasteiger partial charge is 0.854 e. The van der Waals surface area contributed by atoms with Crippen LogP contribution in [0.4, 0.5) is 0 Å². The van der Waals surface area contributed by atoms with Gasteiger partial charge in [0.1, 0.15) is 5.78 Å². The minimum absolute atomic E-state index is 0. The van der Waals surface area contributed by atoms with Crippen molar-refractivity contribution in [3.63, 3.8) is 0 Å². The van der Waals surface area contributed by atoms with E-state index in [2.05, 4.69) is 19.1 Å². The SMILES string of the molecule is C[C@]12CC[C@H]3[C@@H](CC=C4CC(=O)CC[C@@]43C[O-])[C@@H]1CC/C2=C/C#N.[Rb+]. The predicted molar refractivity (Wildman–Crippen MR) is 89.6 cm³/mol. The molecule has 4 aliphatic rings. The maximum Gasteiger partial charge on any atom is 1.00 e. The number of hydrogen-bond acceptors (Lipinski definition) is 3. The molecule has 0 aromatic heterocycles. The molecule has 0 spiro atoms. The Morgan fingerprint density at radius 2 is 2.12 bits per heavy atom. The number of nitrogens with zero attached hydrogens (tertiary/aromatic N) is 1. The van der Waals surface area contributed by atoms with Gasteiger partial charge in [0.2, 0.25) is 0 Å². The molecule has 0 saturated heterocycles. The largest absolute Gasteiger partial charge is 1.00 e. The predicted octanol–water partition coefficient (Wildman–Crippen LogP) is 0.313. The third kappa shape index (κ3) is 2.95. The number of rotatable bonds is 1. The molecule has 0 N–H and O–H groups in total. The molecule has 3 nitrogen and oxygen atoms in total. The van der Waals surface area contributed by atoms with Crippen molar-refractivity contribution in [2.24, 2.45) is 28.6 Å². The van der Waals surface area contributed by atoms with E-state index in [1.807, 2.05) is 0 Å². The van der Waals surface area contributed by atoms with Crippen LogP contribution in [0.2, 0.25) is 0 Å². The van der Waals surface area contributed by atoms with Gasteiger partial charge in [-0.05, 0) is 67.1 Å². The zero-order valence-electron chi connectivity index (χ0n) is 15.5. The third-order valence-corrected chi connectivity index (χ3v) is 8.00. The molecule has 0 aliphatic heterocycles. The maximum absolute atomic E-state index is 12.3. The minimum atomic E-state index is -0.250. The van der Waals surface area contributed by atoms with Crippen molar-refractivity contribution in [3.05, 3.63) is 23.3 Å². The molecule has 0 unspecified atom stereocenters. The summed E-state index contributed by atoms with van der Waals surface area (Å²) in [5, 5.41) is 21.4. The fraction of sp³-hybridized carbons (Fsp3) is 0.714. The van der Waals surface area contributed by atoms with Gasteiger partial charge in [-0.2, -0.15) is 5.26 Å². The van der Waals surface area contributed by atoms with E-state index in [9.17, 15) is 9.90 Å². The van der Waals surface area contributed by atoms with Gasteiger partial charge in [0, 0.05) is 18.9 Å². The van der Waals surface area contributed by atoms with Crippen LogP contribution in [0.5, 0.6) is 0 Å². The Kier molecular flexibility index (Phi) is 5.99. The van der Waals surface area contributed by atoms with Gasteiger partial charge in [-0.25, -0.2) is 0 Å². The molecule has 5 atom stereocenters. The fourth-order valence-electron chi connectivity index (χ4n) is 6.71. The van der Waals surface area contributed by atoms with Crippen LogP contribution in [-0.4, -0.2) is 12.4 Å². The molecule has 3 fully saturated rings. The molecule has 0 bridgehead atoms. The van der Waals surface area contributed by atoms with E-state index in [-0.39, 0.29) is 75.6 Å². The van der Waals surface area contributed by atoms with E-state index in [4.69, 9.17) is 5.26 Å². The molecular formula is C21H26NO2Rb. The molecule has 4 aliphatic carbocycles. The summed E-state index contributed by atoms with van der Waals surface area (Å²) in [4.78, 5) is 11.9. The zero-order chi connectivity index (χ0) is 16.9. The number of hydrogen-bond donors (Lipinski definition) is 0. The van der Waals surface area contributed by atoms with E-state index in [1.165, 1.54) is 11.1 Å². The van der Waals surface area contributed by atoms with Crippen molar-refractivity contribution in [1.29, 1.82) is 5.26 Å². The Balaban J connectivity index is 0.00000182. The van der Waals surface area contributed by atoms with Crippen molar-refractivity contribution in [2.75, 3.05) is 6.61 Å². The molecular weight excluding hydrogens is 384 g/mol. The quantitative estimate of drug-likeness (QED) is 0.462. The van der Waals surface area contributed by atoms with Gasteiger partial charge < -0.3 is 5.11 Å². The minimum Gasteiger partial charge on any atom is -0.854 e. The first-order chi connectivity index (χ1) is 11.5. The van der Waals surface area contributed by atoms with Crippen molar-refractivity contribution in [3.8, 4) is 6.07 Å². The molecule has 4 heteroatoms. The number of nitriles is 1. The van der Waals surface area contributed by atoms with E-state index < -0.39 is 0 Å². The molecule has 128 valence electrons. The number of Topliss-reactive ketones (excluding diaryl/α,β-unsaturated/α-hetero) is 1. The molecule has 0 aromatic rings. The number of fused-ring (bicyclic) bond motifs is 5. The molecule has 25 heavy (non-hydrogen) atoms. The van der Waals surface area contributed by atoms with Crippen molar-refractivity contribution in [2.45, 2.75) is 58.3 Å². The van der Waals surface area contributed by atoms with Crippen LogP contribution >= 0.6 is 0 Å². The standard InChI is InChI=1S/C21H26NO2.Rb/c1-20-9-7-19-17(18(20)5-3-14(20)8-11-22)4-2-15-12-16(24)6-10-21(15,19)13-23;/h2,8,17-19H,3-7,9-10,12-13H2,1H3;/q-1;+1/b14-8-;/t17-,18-,19-,20+,21+;/m0./s1. The Morgan fingerprint density at radius 3 is 2.84 bits per heavy atom. The number of carbonyl (C=O) groups is 1. The van der Waals surface area contributed by atoms with Gasteiger partial charge in [0.05, 0.1) is 6.07 Å². The first-order valence-electron chi connectivity index (χ1n) is 9.43. The number of carbonyl (C=O) groups excluding carboxylic acids is 1.